The van der Waals surface area contributed by atoms with Crippen molar-refractivity contribution in [1.29, 1.82) is 0 Å². The molecule has 0 aliphatic carbocycles. The fourth-order valence-corrected chi connectivity index (χ4v) is 5.45. The van der Waals surface area contributed by atoms with Crippen LogP contribution in [0.1, 0.15) is 31.9 Å². The minimum atomic E-state index is -4.89. The maximum absolute atomic E-state index is 13.7. The number of hydrogen-bond donors (Lipinski definition) is 1. The number of sulfone groups is 1. The third kappa shape index (κ3) is 3.58. The van der Waals surface area contributed by atoms with Gasteiger partial charge >= 0.3 is 12.3 Å². The molecule has 2 aromatic carbocycles. The first kappa shape index (κ1) is 21.7. The summed E-state index contributed by atoms with van der Waals surface area (Å²) >= 11 is 0. The number of alkyl halides is 3. The zero-order valence-electron chi connectivity index (χ0n) is 15.4. The molecule has 152 valence electrons. The van der Waals surface area contributed by atoms with E-state index in [0.29, 0.717) is 0 Å². The van der Waals surface area contributed by atoms with Crippen molar-refractivity contribution in [2.45, 2.75) is 36.8 Å². The summed E-state index contributed by atoms with van der Waals surface area (Å²) in [5, 5.41) is 0. The molecular weight excluding hydrogens is 395 g/mol. The van der Waals surface area contributed by atoms with Gasteiger partial charge in [-0.2, -0.15) is 13.2 Å². The molecule has 1 unspecified atom stereocenters. The molecule has 2 aromatic rings. The largest absolute Gasteiger partial charge is 0.421 e. The molecule has 2 rings (SSSR count). The Labute approximate surface area is 161 Å². The summed E-state index contributed by atoms with van der Waals surface area (Å²) in [7, 11) is -4.67. The van der Waals surface area contributed by atoms with Crippen molar-refractivity contribution >= 4 is 15.9 Å². The van der Waals surface area contributed by atoms with Gasteiger partial charge in [0.25, 0.3) is 0 Å². The maximum Gasteiger partial charge on any atom is 0.416 e. The molecule has 0 heterocycles. The van der Waals surface area contributed by atoms with Gasteiger partial charge in [0.2, 0.25) is 14.8 Å². The first-order valence-electron chi connectivity index (χ1n) is 8.20. The summed E-state index contributed by atoms with van der Waals surface area (Å²) in [5.41, 5.74) is 1.68. The van der Waals surface area contributed by atoms with Crippen molar-refractivity contribution in [3.63, 3.8) is 0 Å². The second-order valence-corrected chi connectivity index (χ2v) is 9.20. The van der Waals surface area contributed by atoms with Crippen LogP contribution in [0.5, 0.6) is 0 Å². The van der Waals surface area contributed by atoms with Gasteiger partial charge in [0.15, 0.2) is 0 Å². The first-order valence-corrected chi connectivity index (χ1v) is 9.68. The van der Waals surface area contributed by atoms with E-state index in [1.165, 1.54) is 51.1 Å². The molecule has 28 heavy (non-hydrogen) atoms. The topological polar surface area (TPSA) is 86.5 Å². The van der Waals surface area contributed by atoms with Gasteiger partial charge in [-0.3, -0.25) is 0 Å². The average Bonchev–Trinajstić information content (AvgIpc) is 2.58. The number of carbonyl (C=O) groups excluding carboxylic acids is 1. The molecule has 0 saturated heterocycles. The molecular formula is C19H20F3NO4S. The van der Waals surface area contributed by atoms with Crippen LogP contribution in [0.4, 0.5) is 18.0 Å². The van der Waals surface area contributed by atoms with Crippen LogP contribution in [-0.2, 0) is 25.7 Å². The zero-order valence-corrected chi connectivity index (χ0v) is 16.3. The Morgan fingerprint density at radius 1 is 0.893 bits per heavy atom. The quantitative estimate of drug-likeness (QED) is 0.798. The van der Waals surface area contributed by atoms with E-state index in [2.05, 4.69) is 0 Å². The summed E-state index contributed by atoms with van der Waals surface area (Å²) in [6.07, 6.45) is -6.40. The van der Waals surface area contributed by atoms with Crippen LogP contribution >= 0.6 is 0 Å². The molecule has 5 nitrogen and oxygen atoms in total. The number of benzene rings is 2. The van der Waals surface area contributed by atoms with E-state index < -0.39 is 43.6 Å². The minimum absolute atomic E-state index is 0.303. The number of halogens is 3. The molecule has 0 spiro atoms. The molecule has 0 radical (unpaired) electrons. The van der Waals surface area contributed by atoms with Crippen LogP contribution in [0.3, 0.4) is 0 Å². The van der Waals surface area contributed by atoms with E-state index in [9.17, 15) is 26.4 Å². The molecule has 1 atom stereocenters. The van der Waals surface area contributed by atoms with Gasteiger partial charge in [-0.25, -0.2) is 13.2 Å². The lowest BCUT2D eigenvalue weighted by atomic mass is 9.81. The molecule has 0 aliphatic rings. The van der Waals surface area contributed by atoms with Gasteiger partial charge in [-0.1, -0.05) is 57.2 Å². The lowest BCUT2D eigenvalue weighted by Gasteiger charge is -2.43. The predicted octanol–water partition coefficient (Wildman–Crippen LogP) is 4.47. The molecule has 9 heteroatoms. The van der Waals surface area contributed by atoms with E-state index in [1.54, 1.807) is 6.07 Å². The van der Waals surface area contributed by atoms with E-state index in [0.717, 1.165) is 18.2 Å². The molecule has 1 amide bonds. The highest BCUT2D eigenvalue weighted by Gasteiger charge is 2.60. The molecule has 2 N–H and O–H groups in total. The molecule has 0 aliphatic heterocycles. The van der Waals surface area contributed by atoms with Crippen LogP contribution in [0.25, 0.3) is 0 Å². The number of nitrogens with two attached hydrogens (primary N) is 1. The highest BCUT2D eigenvalue weighted by Crippen LogP contribution is 2.52. The first-order chi connectivity index (χ1) is 12.7. The monoisotopic (exact) mass is 415 g/mol. The van der Waals surface area contributed by atoms with Crippen molar-refractivity contribution in [2.24, 2.45) is 11.1 Å². The third-order valence-electron chi connectivity index (χ3n) is 4.25. The maximum atomic E-state index is 13.7. The van der Waals surface area contributed by atoms with Gasteiger partial charge in [0.05, 0.1) is 10.5 Å². The Morgan fingerprint density at radius 2 is 1.36 bits per heavy atom. The van der Waals surface area contributed by atoms with Gasteiger partial charge in [-0.05, 0) is 18.2 Å². The number of carbonyl (C=O) groups is 1. The van der Waals surface area contributed by atoms with Crippen LogP contribution in [-0.4, -0.2) is 14.5 Å². The number of hydrogen-bond acceptors (Lipinski definition) is 4. The molecule has 0 saturated carbocycles. The van der Waals surface area contributed by atoms with E-state index in [1.807, 2.05) is 0 Å². The molecule has 0 aromatic heterocycles. The van der Waals surface area contributed by atoms with Gasteiger partial charge < -0.3 is 10.5 Å². The fourth-order valence-electron chi connectivity index (χ4n) is 3.14. The number of primary amides is 1. The minimum Gasteiger partial charge on any atom is -0.421 e. The highest BCUT2D eigenvalue weighted by atomic mass is 32.2. The molecule has 0 fully saturated rings. The highest BCUT2D eigenvalue weighted by molar-refractivity contribution is 7.92. The van der Waals surface area contributed by atoms with Crippen molar-refractivity contribution in [1.82, 2.24) is 0 Å². The van der Waals surface area contributed by atoms with E-state index >= 15 is 0 Å². The Morgan fingerprint density at radius 3 is 1.79 bits per heavy atom. The summed E-state index contributed by atoms with van der Waals surface area (Å²) < 4.78 is 73.5. The second kappa shape index (κ2) is 7.12. The smallest absolute Gasteiger partial charge is 0.416 e. The van der Waals surface area contributed by atoms with Crippen molar-refractivity contribution in [2.75, 3.05) is 0 Å². The Balaban J connectivity index is 3.04. The van der Waals surface area contributed by atoms with E-state index in [4.69, 9.17) is 10.5 Å². The zero-order chi connectivity index (χ0) is 21.4. The van der Waals surface area contributed by atoms with E-state index in [-0.39, 0.29) is 4.90 Å². The van der Waals surface area contributed by atoms with Gasteiger partial charge in [-0.15, -0.1) is 0 Å². The summed E-state index contributed by atoms with van der Waals surface area (Å²) in [6, 6.07) is 10.9. The fraction of sp³-hybridized carbons (Fsp3) is 0.316. The van der Waals surface area contributed by atoms with Crippen LogP contribution < -0.4 is 5.73 Å². The van der Waals surface area contributed by atoms with Gasteiger partial charge in [0.1, 0.15) is 0 Å². The SMILES string of the molecule is CC(C)(C)C(OC(N)=O)(c1ccccc1C(F)(F)F)S(=O)(=O)c1ccccc1. The standard InChI is InChI=1S/C19H20F3NO4S/c1-17(2,3)18(27-16(23)24,28(25,26)13-9-5-4-6-10-13)14-11-7-8-12-15(14)19(20,21)22/h4-12H,1-3H3,(H2,23,24). The lowest BCUT2D eigenvalue weighted by molar-refractivity contribution is -0.140. The Hall–Kier alpha value is -2.55. The van der Waals surface area contributed by atoms with Crippen LogP contribution in [0, 0.1) is 5.41 Å². The van der Waals surface area contributed by atoms with Crippen LogP contribution in [0.15, 0.2) is 59.5 Å². The molecule has 0 bridgehead atoms. The number of amides is 1. The van der Waals surface area contributed by atoms with Gasteiger partial charge in [0, 0.05) is 11.0 Å². The van der Waals surface area contributed by atoms with Crippen molar-refractivity contribution in [3.05, 3.63) is 65.7 Å². The van der Waals surface area contributed by atoms with Crippen molar-refractivity contribution in [3.8, 4) is 0 Å². The Bertz CT molecular complexity index is 967. The number of ether oxygens (including phenoxy) is 1. The number of rotatable bonds is 4. The second-order valence-electron chi connectivity index (χ2n) is 7.15. The third-order valence-corrected chi connectivity index (χ3v) is 6.82. The summed E-state index contributed by atoms with van der Waals surface area (Å²) in [5.74, 6) is 0. The lowest BCUT2D eigenvalue weighted by Crippen LogP contribution is -2.52. The normalized spacial score (nSPS) is 14.9. The Kier molecular flexibility index (Phi) is 5.53. The van der Waals surface area contributed by atoms with Crippen molar-refractivity contribution < 1.29 is 31.1 Å². The average molecular weight is 415 g/mol. The van der Waals surface area contributed by atoms with Crippen LogP contribution in [0.2, 0.25) is 0 Å². The predicted molar refractivity (Wildman–Crippen MR) is 96.9 cm³/mol. The summed E-state index contributed by atoms with van der Waals surface area (Å²) in [4.78, 5) is 8.70. The summed E-state index contributed by atoms with van der Waals surface area (Å²) in [6.45, 7) is 4.09.